The molecule has 0 aliphatic carbocycles. The summed E-state index contributed by atoms with van der Waals surface area (Å²) in [6, 6.07) is 8.59. The topological polar surface area (TPSA) is 111 Å². The van der Waals surface area contributed by atoms with Gasteiger partial charge in [-0.25, -0.2) is 9.97 Å². The Balaban J connectivity index is 1.73. The highest BCUT2D eigenvalue weighted by Gasteiger charge is 2.32. The average Bonchev–Trinajstić information content (AvgIpc) is 2.67. The van der Waals surface area contributed by atoms with Crippen LogP contribution in [0.1, 0.15) is 24.2 Å². The SMILES string of the molecule is CC(C)C1CN(c2nccc(Cl)n2)CCN1C(=N)Nc1cccc(C(N)=O)c1. The molecule has 2 aromatic rings. The predicted molar refractivity (Wildman–Crippen MR) is 111 cm³/mol. The smallest absolute Gasteiger partial charge is 0.248 e. The third-order valence-electron chi connectivity index (χ3n) is 4.78. The molecular weight excluding hydrogens is 378 g/mol. The molecule has 4 N–H and O–H groups in total. The lowest BCUT2D eigenvalue weighted by molar-refractivity contribution is 0.100. The third kappa shape index (κ3) is 4.51. The lowest BCUT2D eigenvalue weighted by Gasteiger charge is -2.44. The molecule has 148 valence electrons. The Morgan fingerprint density at radius 3 is 2.82 bits per heavy atom. The fourth-order valence-electron chi connectivity index (χ4n) is 3.28. The molecule has 1 aliphatic rings. The molecule has 1 fully saturated rings. The number of hydrogen-bond acceptors (Lipinski definition) is 5. The largest absolute Gasteiger partial charge is 0.366 e. The van der Waals surface area contributed by atoms with E-state index in [4.69, 9.17) is 22.7 Å². The zero-order valence-electron chi connectivity index (χ0n) is 15.9. The highest BCUT2D eigenvalue weighted by Crippen LogP contribution is 2.22. The summed E-state index contributed by atoms with van der Waals surface area (Å²) in [4.78, 5) is 24.1. The lowest BCUT2D eigenvalue weighted by atomic mass is 10.00. The maximum absolute atomic E-state index is 11.4. The van der Waals surface area contributed by atoms with Crippen LogP contribution in [0.2, 0.25) is 5.15 Å². The zero-order chi connectivity index (χ0) is 20.3. The summed E-state index contributed by atoms with van der Waals surface area (Å²) in [6.45, 7) is 6.25. The van der Waals surface area contributed by atoms with Gasteiger partial charge in [-0.3, -0.25) is 10.2 Å². The van der Waals surface area contributed by atoms with E-state index in [1.54, 1.807) is 36.5 Å². The van der Waals surface area contributed by atoms with Crippen molar-refractivity contribution in [2.45, 2.75) is 19.9 Å². The molecule has 28 heavy (non-hydrogen) atoms. The minimum absolute atomic E-state index is 0.0932. The molecule has 2 heterocycles. The standard InChI is InChI=1S/C19H24ClN7O/c1-12(2)15-11-26(19-23-7-6-16(20)25-19)8-9-27(15)18(22)24-14-5-3-4-13(10-14)17(21)28/h3-7,10,12,15H,8-9,11H2,1-2H3,(H2,21,28)(H2,22,24). The molecule has 1 aromatic heterocycles. The number of halogens is 1. The second-order valence-electron chi connectivity index (χ2n) is 7.05. The summed E-state index contributed by atoms with van der Waals surface area (Å²) in [5.41, 5.74) is 6.40. The van der Waals surface area contributed by atoms with Crippen LogP contribution in [-0.2, 0) is 0 Å². The quantitative estimate of drug-likeness (QED) is 0.412. The molecule has 0 bridgehead atoms. The number of carbonyl (C=O) groups is 1. The van der Waals surface area contributed by atoms with E-state index in [1.165, 1.54) is 0 Å². The van der Waals surface area contributed by atoms with Crippen LogP contribution in [0.5, 0.6) is 0 Å². The molecule has 1 atom stereocenters. The Hall–Kier alpha value is -2.87. The van der Waals surface area contributed by atoms with Crippen molar-refractivity contribution in [3.63, 3.8) is 0 Å². The number of benzene rings is 1. The van der Waals surface area contributed by atoms with Crippen molar-refractivity contribution in [1.29, 1.82) is 5.41 Å². The number of carbonyl (C=O) groups excluding carboxylic acids is 1. The number of piperazine rings is 1. The van der Waals surface area contributed by atoms with Gasteiger partial charge in [-0.1, -0.05) is 31.5 Å². The summed E-state index contributed by atoms with van der Waals surface area (Å²) < 4.78 is 0. The summed E-state index contributed by atoms with van der Waals surface area (Å²) >= 11 is 6.00. The Bertz CT molecular complexity index is 873. The van der Waals surface area contributed by atoms with Crippen molar-refractivity contribution in [3.05, 3.63) is 47.2 Å². The first-order valence-electron chi connectivity index (χ1n) is 9.10. The maximum atomic E-state index is 11.4. The van der Waals surface area contributed by atoms with E-state index in [0.29, 0.717) is 47.9 Å². The maximum Gasteiger partial charge on any atom is 0.248 e. The molecule has 1 amide bonds. The minimum atomic E-state index is -0.495. The van der Waals surface area contributed by atoms with E-state index in [9.17, 15) is 4.79 Å². The van der Waals surface area contributed by atoms with Crippen LogP contribution < -0.4 is 16.0 Å². The van der Waals surface area contributed by atoms with Crippen LogP contribution in [0.3, 0.4) is 0 Å². The van der Waals surface area contributed by atoms with Gasteiger partial charge in [-0.2, -0.15) is 0 Å². The van der Waals surface area contributed by atoms with Crippen molar-refractivity contribution in [2.75, 3.05) is 29.9 Å². The zero-order valence-corrected chi connectivity index (χ0v) is 16.6. The molecular formula is C19H24ClN7O. The van der Waals surface area contributed by atoms with Gasteiger partial charge in [0.1, 0.15) is 5.15 Å². The molecule has 1 saturated heterocycles. The molecule has 0 saturated carbocycles. The number of primary amides is 1. The molecule has 8 nitrogen and oxygen atoms in total. The van der Waals surface area contributed by atoms with Gasteiger partial charge in [0.25, 0.3) is 0 Å². The van der Waals surface area contributed by atoms with Crippen molar-refractivity contribution >= 4 is 35.1 Å². The first-order valence-corrected chi connectivity index (χ1v) is 9.48. The number of amides is 1. The predicted octanol–water partition coefficient (Wildman–Crippen LogP) is 2.42. The Morgan fingerprint density at radius 2 is 2.14 bits per heavy atom. The summed E-state index contributed by atoms with van der Waals surface area (Å²) in [5, 5.41) is 12.1. The van der Waals surface area contributed by atoms with Gasteiger partial charge in [0.15, 0.2) is 5.96 Å². The first kappa shape index (κ1) is 19.9. The summed E-state index contributed by atoms with van der Waals surface area (Å²) in [7, 11) is 0. The number of anilines is 2. The Labute approximate surface area is 169 Å². The van der Waals surface area contributed by atoms with Gasteiger partial charge < -0.3 is 20.9 Å². The number of aromatic nitrogens is 2. The van der Waals surface area contributed by atoms with Crippen LogP contribution in [0, 0.1) is 11.3 Å². The van der Waals surface area contributed by atoms with Crippen LogP contribution in [-0.4, -0.2) is 52.4 Å². The van der Waals surface area contributed by atoms with E-state index in [-0.39, 0.29) is 12.0 Å². The first-order chi connectivity index (χ1) is 13.3. The molecule has 0 spiro atoms. The fraction of sp³-hybridized carbons (Fsp3) is 0.368. The van der Waals surface area contributed by atoms with Crippen LogP contribution >= 0.6 is 11.6 Å². The van der Waals surface area contributed by atoms with Gasteiger partial charge in [0, 0.05) is 37.1 Å². The van der Waals surface area contributed by atoms with Crippen LogP contribution in [0.4, 0.5) is 11.6 Å². The van der Waals surface area contributed by atoms with E-state index in [0.717, 1.165) is 0 Å². The van der Waals surface area contributed by atoms with E-state index < -0.39 is 5.91 Å². The molecule has 1 aliphatic heterocycles. The van der Waals surface area contributed by atoms with Crippen molar-refractivity contribution < 1.29 is 4.79 Å². The highest BCUT2D eigenvalue weighted by atomic mass is 35.5. The second kappa shape index (κ2) is 8.43. The van der Waals surface area contributed by atoms with Crippen LogP contribution in [0.15, 0.2) is 36.5 Å². The highest BCUT2D eigenvalue weighted by molar-refractivity contribution is 6.29. The lowest BCUT2D eigenvalue weighted by Crippen LogP contribution is -2.58. The third-order valence-corrected chi connectivity index (χ3v) is 4.99. The van der Waals surface area contributed by atoms with Gasteiger partial charge in [0.05, 0.1) is 6.04 Å². The molecule has 9 heteroatoms. The summed E-state index contributed by atoms with van der Waals surface area (Å²) in [5.74, 6) is 0.699. The van der Waals surface area contributed by atoms with Gasteiger partial charge in [-0.15, -0.1) is 0 Å². The monoisotopic (exact) mass is 401 g/mol. The minimum Gasteiger partial charge on any atom is -0.366 e. The number of guanidine groups is 1. The average molecular weight is 402 g/mol. The van der Waals surface area contributed by atoms with Gasteiger partial charge in [-0.05, 0) is 30.2 Å². The number of rotatable bonds is 4. The molecule has 1 aromatic carbocycles. The van der Waals surface area contributed by atoms with Gasteiger partial charge in [0.2, 0.25) is 11.9 Å². The Kier molecular flexibility index (Phi) is 5.99. The Morgan fingerprint density at radius 1 is 1.36 bits per heavy atom. The number of nitrogens with one attached hydrogen (secondary N) is 2. The van der Waals surface area contributed by atoms with E-state index >= 15 is 0 Å². The van der Waals surface area contributed by atoms with Gasteiger partial charge >= 0.3 is 0 Å². The van der Waals surface area contributed by atoms with Crippen LogP contribution in [0.25, 0.3) is 0 Å². The second-order valence-corrected chi connectivity index (χ2v) is 7.44. The fourth-order valence-corrected chi connectivity index (χ4v) is 3.41. The molecule has 0 radical (unpaired) electrons. The number of nitrogens with zero attached hydrogens (tertiary/aromatic N) is 4. The summed E-state index contributed by atoms with van der Waals surface area (Å²) in [6.07, 6.45) is 1.65. The molecule has 3 rings (SSSR count). The van der Waals surface area contributed by atoms with E-state index in [2.05, 4.69) is 34.0 Å². The van der Waals surface area contributed by atoms with E-state index in [1.807, 2.05) is 4.90 Å². The van der Waals surface area contributed by atoms with Crippen molar-refractivity contribution in [2.24, 2.45) is 11.7 Å². The normalized spacial score (nSPS) is 16.9. The van der Waals surface area contributed by atoms with Crippen molar-refractivity contribution in [1.82, 2.24) is 14.9 Å². The molecule has 1 unspecified atom stereocenters. The number of nitrogens with two attached hydrogens (primary N) is 1. The van der Waals surface area contributed by atoms with Crippen molar-refractivity contribution in [3.8, 4) is 0 Å². The number of hydrogen-bond donors (Lipinski definition) is 3.